The van der Waals surface area contributed by atoms with Crippen LogP contribution in [0.3, 0.4) is 0 Å². The summed E-state index contributed by atoms with van der Waals surface area (Å²) in [4.78, 5) is 14.8. The van der Waals surface area contributed by atoms with Crippen LogP contribution in [0.15, 0.2) is 24.4 Å². The molecule has 0 unspecified atom stereocenters. The lowest BCUT2D eigenvalue weighted by molar-refractivity contribution is -0.201. The SMILES string of the molecule is Cc1nc2ccccn2c1COC(=O)C(F)(F)F. The molecular weight excluding hydrogens is 249 g/mol. The number of nitrogens with zero attached hydrogens (tertiary/aromatic N) is 2. The van der Waals surface area contributed by atoms with Gasteiger partial charge in [0, 0.05) is 6.20 Å². The van der Waals surface area contributed by atoms with Gasteiger partial charge in [-0.05, 0) is 19.1 Å². The first kappa shape index (κ1) is 12.4. The van der Waals surface area contributed by atoms with E-state index in [1.807, 2.05) is 0 Å². The van der Waals surface area contributed by atoms with Crippen LogP contribution in [0.2, 0.25) is 0 Å². The third kappa shape index (κ3) is 2.29. The summed E-state index contributed by atoms with van der Waals surface area (Å²) in [5.74, 6) is -2.20. The third-order valence-corrected chi connectivity index (χ3v) is 2.40. The minimum absolute atomic E-state index is 0.420. The number of aryl methyl sites for hydroxylation is 1. The third-order valence-electron chi connectivity index (χ3n) is 2.40. The number of hydrogen-bond donors (Lipinski definition) is 0. The maximum Gasteiger partial charge on any atom is 0.490 e. The molecule has 7 heteroatoms. The molecule has 2 heterocycles. The zero-order chi connectivity index (χ0) is 13.3. The highest BCUT2D eigenvalue weighted by Gasteiger charge is 2.41. The molecular formula is C11H9F3N2O2. The highest BCUT2D eigenvalue weighted by atomic mass is 19.4. The number of esters is 1. The number of halogens is 3. The zero-order valence-electron chi connectivity index (χ0n) is 9.36. The van der Waals surface area contributed by atoms with Crippen molar-refractivity contribution in [2.45, 2.75) is 19.7 Å². The summed E-state index contributed by atoms with van der Waals surface area (Å²) in [5, 5.41) is 0. The smallest absolute Gasteiger partial charge is 0.453 e. The largest absolute Gasteiger partial charge is 0.490 e. The van der Waals surface area contributed by atoms with Crippen LogP contribution < -0.4 is 0 Å². The van der Waals surface area contributed by atoms with Crippen LogP contribution in [0.5, 0.6) is 0 Å². The van der Waals surface area contributed by atoms with Gasteiger partial charge in [-0.15, -0.1) is 0 Å². The second-order valence-electron chi connectivity index (χ2n) is 3.65. The molecule has 0 N–H and O–H groups in total. The number of fused-ring (bicyclic) bond motifs is 1. The van der Waals surface area contributed by atoms with Gasteiger partial charge in [-0.25, -0.2) is 9.78 Å². The maximum atomic E-state index is 12.0. The predicted octanol–water partition coefficient (Wildman–Crippen LogP) is 2.25. The fourth-order valence-corrected chi connectivity index (χ4v) is 1.55. The van der Waals surface area contributed by atoms with E-state index < -0.39 is 18.8 Å². The zero-order valence-corrected chi connectivity index (χ0v) is 9.36. The van der Waals surface area contributed by atoms with Gasteiger partial charge in [0.25, 0.3) is 0 Å². The molecule has 2 aromatic rings. The van der Waals surface area contributed by atoms with Gasteiger partial charge in [-0.3, -0.25) is 0 Å². The Morgan fingerprint density at radius 3 is 2.83 bits per heavy atom. The molecule has 0 atom stereocenters. The van der Waals surface area contributed by atoms with Gasteiger partial charge in [0.1, 0.15) is 12.3 Å². The predicted molar refractivity (Wildman–Crippen MR) is 55.8 cm³/mol. The fourth-order valence-electron chi connectivity index (χ4n) is 1.55. The van der Waals surface area contributed by atoms with Gasteiger partial charge in [0.05, 0.1) is 11.4 Å². The van der Waals surface area contributed by atoms with Crippen LogP contribution in [0.4, 0.5) is 13.2 Å². The molecule has 0 saturated heterocycles. The average Bonchev–Trinajstić information content (AvgIpc) is 2.60. The Labute approximate surface area is 100 Å². The molecule has 0 aliphatic rings. The molecule has 4 nitrogen and oxygen atoms in total. The molecule has 0 saturated carbocycles. The van der Waals surface area contributed by atoms with Crippen molar-refractivity contribution in [2.75, 3.05) is 0 Å². The highest BCUT2D eigenvalue weighted by Crippen LogP contribution is 2.19. The summed E-state index contributed by atoms with van der Waals surface area (Å²) in [6, 6.07) is 5.18. The van der Waals surface area contributed by atoms with E-state index in [4.69, 9.17) is 0 Å². The lowest BCUT2D eigenvalue weighted by Gasteiger charge is -2.07. The number of aromatic nitrogens is 2. The van der Waals surface area contributed by atoms with Crippen molar-refractivity contribution in [3.63, 3.8) is 0 Å². The Morgan fingerprint density at radius 2 is 2.17 bits per heavy atom. The molecule has 0 aliphatic heterocycles. The van der Waals surface area contributed by atoms with Crippen molar-refractivity contribution in [3.8, 4) is 0 Å². The first-order valence-electron chi connectivity index (χ1n) is 5.06. The normalized spacial score (nSPS) is 11.8. The molecule has 96 valence electrons. The van der Waals surface area contributed by atoms with E-state index >= 15 is 0 Å². The number of pyridine rings is 1. The van der Waals surface area contributed by atoms with Gasteiger partial charge in [0.2, 0.25) is 0 Å². The first-order chi connectivity index (χ1) is 8.39. The quantitative estimate of drug-likeness (QED) is 0.776. The summed E-state index contributed by atoms with van der Waals surface area (Å²) in [6.07, 6.45) is -3.33. The summed E-state index contributed by atoms with van der Waals surface area (Å²) >= 11 is 0. The molecule has 0 radical (unpaired) electrons. The Bertz CT molecular complexity index is 589. The van der Waals surface area contributed by atoms with Crippen molar-refractivity contribution in [3.05, 3.63) is 35.8 Å². The lowest BCUT2D eigenvalue weighted by Crippen LogP contribution is -2.25. The van der Waals surface area contributed by atoms with E-state index in [1.54, 1.807) is 35.7 Å². The Kier molecular flexibility index (Phi) is 2.98. The van der Waals surface area contributed by atoms with Crippen LogP contribution in [0.25, 0.3) is 5.65 Å². The van der Waals surface area contributed by atoms with E-state index in [9.17, 15) is 18.0 Å². The molecule has 18 heavy (non-hydrogen) atoms. The van der Waals surface area contributed by atoms with Crippen LogP contribution in [0, 0.1) is 6.92 Å². The minimum Gasteiger partial charge on any atom is -0.453 e. The Hall–Kier alpha value is -2.05. The molecule has 2 rings (SSSR count). The van der Waals surface area contributed by atoms with Gasteiger partial charge in [-0.1, -0.05) is 6.07 Å². The van der Waals surface area contributed by atoms with Gasteiger partial charge in [-0.2, -0.15) is 13.2 Å². The number of carbonyl (C=O) groups is 1. The second-order valence-corrected chi connectivity index (χ2v) is 3.65. The van der Waals surface area contributed by atoms with E-state index in [1.165, 1.54) is 0 Å². The van der Waals surface area contributed by atoms with Crippen molar-refractivity contribution in [1.29, 1.82) is 0 Å². The fraction of sp³-hybridized carbons (Fsp3) is 0.273. The number of ether oxygens (including phenoxy) is 1. The second kappa shape index (κ2) is 4.32. The van der Waals surface area contributed by atoms with E-state index in [0.29, 0.717) is 17.0 Å². The summed E-state index contributed by atoms with van der Waals surface area (Å²) in [7, 11) is 0. The molecule has 0 bridgehead atoms. The van der Waals surface area contributed by atoms with Crippen LogP contribution in [-0.2, 0) is 16.1 Å². The maximum absolute atomic E-state index is 12.0. The molecule has 0 fully saturated rings. The number of imidazole rings is 1. The van der Waals surface area contributed by atoms with Crippen LogP contribution >= 0.6 is 0 Å². The molecule has 0 amide bonds. The van der Waals surface area contributed by atoms with Gasteiger partial charge >= 0.3 is 12.1 Å². The molecule has 0 aromatic carbocycles. The summed E-state index contributed by atoms with van der Waals surface area (Å²) in [6.45, 7) is 1.18. The number of hydrogen-bond acceptors (Lipinski definition) is 3. The van der Waals surface area contributed by atoms with Gasteiger partial charge in [0.15, 0.2) is 0 Å². The van der Waals surface area contributed by atoms with Crippen molar-refractivity contribution < 1.29 is 22.7 Å². The average molecular weight is 258 g/mol. The topological polar surface area (TPSA) is 43.6 Å². The van der Waals surface area contributed by atoms with E-state index in [2.05, 4.69) is 9.72 Å². The lowest BCUT2D eigenvalue weighted by atomic mass is 10.3. The van der Waals surface area contributed by atoms with Gasteiger partial charge < -0.3 is 9.14 Å². The Morgan fingerprint density at radius 1 is 1.44 bits per heavy atom. The molecule has 0 aliphatic carbocycles. The van der Waals surface area contributed by atoms with E-state index in [-0.39, 0.29) is 0 Å². The monoisotopic (exact) mass is 258 g/mol. The number of alkyl halides is 3. The van der Waals surface area contributed by atoms with Crippen molar-refractivity contribution in [1.82, 2.24) is 9.38 Å². The minimum atomic E-state index is -4.98. The highest BCUT2D eigenvalue weighted by molar-refractivity contribution is 5.75. The number of carbonyl (C=O) groups excluding carboxylic acids is 1. The Balaban J connectivity index is 2.22. The molecule has 0 spiro atoms. The van der Waals surface area contributed by atoms with Crippen LogP contribution in [0.1, 0.15) is 11.4 Å². The first-order valence-corrected chi connectivity index (χ1v) is 5.06. The molecule has 2 aromatic heterocycles. The van der Waals surface area contributed by atoms with E-state index in [0.717, 1.165) is 0 Å². The summed E-state index contributed by atoms with van der Waals surface area (Å²) in [5.41, 5.74) is 1.53. The van der Waals surface area contributed by atoms with Crippen molar-refractivity contribution >= 4 is 11.6 Å². The standard InChI is InChI=1S/C11H9F3N2O2/c1-7-8(6-18-10(17)11(12,13)14)16-5-3-2-4-9(16)15-7/h2-5H,6H2,1H3. The summed E-state index contributed by atoms with van der Waals surface area (Å²) < 4.78 is 41.8. The van der Waals surface area contributed by atoms with Crippen LogP contribution in [-0.4, -0.2) is 21.5 Å². The van der Waals surface area contributed by atoms with Crippen molar-refractivity contribution in [2.24, 2.45) is 0 Å². The number of rotatable bonds is 2.